The predicted molar refractivity (Wildman–Crippen MR) is 59.8 cm³/mol. The Labute approximate surface area is 94.9 Å². The summed E-state index contributed by atoms with van der Waals surface area (Å²) in [5.74, 6) is 0.530. The van der Waals surface area contributed by atoms with Crippen molar-refractivity contribution in [3.63, 3.8) is 0 Å². The third kappa shape index (κ3) is 2.47. The van der Waals surface area contributed by atoms with Gasteiger partial charge in [0.05, 0.1) is 12.0 Å². The zero-order valence-corrected chi connectivity index (χ0v) is 10.3. The first-order valence-corrected chi connectivity index (χ1v) is 6.36. The van der Waals surface area contributed by atoms with Crippen molar-refractivity contribution >= 4 is 11.8 Å². The fraction of sp³-hybridized carbons (Fsp3) is 1.00. The molecule has 2 aliphatic heterocycles. The van der Waals surface area contributed by atoms with E-state index < -0.39 is 11.9 Å². The van der Waals surface area contributed by atoms with Gasteiger partial charge < -0.3 is 14.6 Å². The van der Waals surface area contributed by atoms with E-state index in [1.807, 2.05) is 20.9 Å². The lowest BCUT2D eigenvalue weighted by atomic mass is 10.2. The molecule has 5 heteroatoms. The number of rotatable bonds is 2. The number of nitrogens with zero attached hydrogens (tertiary/aromatic N) is 1. The summed E-state index contributed by atoms with van der Waals surface area (Å²) >= 11 is 1.79. The highest BCUT2D eigenvalue weighted by Gasteiger charge is 2.42. The maximum atomic E-state index is 10.2. The molecule has 2 heterocycles. The van der Waals surface area contributed by atoms with Crippen molar-refractivity contribution in [1.82, 2.24) is 4.90 Å². The van der Waals surface area contributed by atoms with E-state index in [1.165, 1.54) is 0 Å². The van der Waals surface area contributed by atoms with E-state index in [2.05, 4.69) is 4.90 Å². The average Bonchev–Trinajstić information content (AvgIpc) is 2.71. The third-order valence-electron chi connectivity index (χ3n) is 2.87. The van der Waals surface area contributed by atoms with Crippen LogP contribution in [0.1, 0.15) is 13.8 Å². The van der Waals surface area contributed by atoms with Gasteiger partial charge in [-0.05, 0) is 20.9 Å². The lowest BCUT2D eigenvalue weighted by Crippen LogP contribution is -2.43. The summed E-state index contributed by atoms with van der Waals surface area (Å²) in [6.45, 7) is 5.28. The van der Waals surface area contributed by atoms with Crippen LogP contribution in [0, 0.1) is 0 Å². The molecule has 3 atom stereocenters. The Kier molecular flexibility index (Phi) is 3.28. The highest BCUT2D eigenvalue weighted by molar-refractivity contribution is 8.00. The van der Waals surface area contributed by atoms with Gasteiger partial charge in [-0.25, -0.2) is 0 Å². The Morgan fingerprint density at radius 2 is 2.27 bits per heavy atom. The Morgan fingerprint density at radius 3 is 2.73 bits per heavy atom. The van der Waals surface area contributed by atoms with Crippen molar-refractivity contribution in [1.29, 1.82) is 0 Å². The van der Waals surface area contributed by atoms with Crippen LogP contribution >= 0.6 is 11.8 Å². The van der Waals surface area contributed by atoms with Crippen LogP contribution in [0.2, 0.25) is 0 Å². The molecule has 0 aromatic rings. The third-order valence-corrected chi connectivity index (χ3v) is 4.27. The van der Waals surface area contributed by atoms with Crippen molar-refractivity contribution in [3.05, 3.63) is 0 Å². The second-order valence-corrected chi connectivity index (χ2v) is 5.82. The summed E-state index contributed by atoms with van der Waals surface area (Å²) in [6, 6.07) is 0. The van der Waals surface area contributed by atoms with Gasteiger partial charge in [-0.15, -0.1) is 11.8 Å². The highest BCUT2D eigenvalue weighted by atomic mass is 32.2. The monoisotopic (exact) mass is 233 g/mol. The van der Waals surface area contributed by atoms with Gasteiger partial charge in [0.2, 0.25) is 0 Å². The molecule has 0 aliphatic carbocycles. The SMILES string of the molecule is CN1CCSC1[C@H](O)[C@H]1COC(C)(C)O1. The van der Waals surface area contributed by atoms with E-state index in [-0.39, 0.29) is 11.5 Å². The summed E-state index contributed by atoms with van der Waals surface area (Å²) in [7, 11) is 2.04. The summed E-state index contributed by atoms with van der Waals surface area (Å²) in [6.07, 6.45) is -0.665. The molecule has 2 rings (SSSR count). The first kappa shape index (κ1) is 11.7. The zero-order chi connectivity index (χ0) is 11.1. The molecule has 0 radical (unpaired) electrons. The van der Waals surface area contributed by atoms with Crippen LogP contribution in [0.15, 0.2) is 0 Å². The van der Waals surface area contributed by atoms with E-state index in [4.69, 9.17) is 9.47 Å². The first-order valence-electron chi connectivity index (χ1n) is 5.31. The largest absolute Gasteiger partial charge is 0.388 e. The molecular formula is C10H19NO3S. The number of aliphatic hydroxyl groups is 1. The number of hydrogen-bond acceptors (Lipinski definition) is 5. The maximum Gasteiger partial charge on any atom is 0.163 e. The van der Waals surface area contributed by atoms with Gasteiger partial charge in [-0.1, -0.05) is 0 Å². The van der Waals surface area contributed by atoms with Crippen molar-refractivity contribution in [2.24, 2.45) is 0 Å². The quantitative estimate of drug-likeness (QED) is 0.752. The van der Waals surface area contributed by atoms with Crippen LogP contribution in [0.4, 0.5) is 0 Å². The van der Waals surface area contributed by atoms with Crippen LogP contribution in [-0.4, -0.2) is 59.3 Å². The molecule has 2 saturated heterocycles. The second-order valence-electron chi connectivity index (χ2n) is 4.60. The molecule has 0 aromatic carbocycles. The standard InChI is InChI=1S/C10H19NO3S/c1-10(2)13-6-7(14-10)8(12)9-11(3)4-5-15-9/h7-9,12H,4-6H2,1-3H3/t7-,8-,9?/m1/s1. The van der Waals surface area contributed by atoms with Gasteiger partial charge in [0.1, 0.15) is 12.2 Å². The molecule has 1 unspecified atom stereocenters. The van der Waals surface area contributed by atoms with Crippen LogP contribution in [0.3, 0.4) is 0 Å². The van der Waals surface area contributed by atoms with E-state index in [9.17, 15) is 5.11 Å². The number of aliphatic hydroxyl groups excluding tert-OH is 1. The molecule has 4 nitrogen and oxygen atoms in total. The number of ether oxygens (including phenoxy) is 2. The summed E-state index contributed by atoms with van der Waals surface area (Å²) in [5, 5.41) is 10.3. The normalized spacial score (nSPS) is 38.4. The molecule has 15 heavy (non-hydrogen) atoms. The van der Waals surface area contributed by atoms with Crippen LogP contribution in [-0.2, 0) is 9.47 Å². The molecule has 88 valence electrons. The summed E-state index contributed by atoms with van der Waals surface area (Å²) < 4.78 is 11.1. The maximum absolute atomic E-state index is 10.2. The van der Waals surface area contributed by atoms with Gasteiger partial charge in [0, 0.05) is 12.3 Å². The predicted octanol–water partition coefficient (Wildman–Crippen LogP) is 0.503. The molecule has 0 aromatic heterocycles. The number of thioether (sulfide) groups is 1. The first-order chi connectivity index (χ1) is 6.99. The minimum atomic E-state index is -0.548. The van der Waals surface area contributed by atoms with Crippen LogP contribution in [0.5, 0.6) is 0 Å². The molecule has 0 saturated carbocycles. The van der Waals surface area contributed by atoms with E-state index in [0.29, 0.717) is 6.61 Å². The van der Waals surface area contributed by atoms with Crippen LogP contribution in [0.25, 0.3) is 0 Å². The Hall–Kier alpha value is 0.190. The fourth-order valence-electron chi connectivity index (χ4n) is 2.00. The Bertz CT molecular complexity index is 237. The minimum absolute atomic E-state index is 0.146. The summed E-state index contributed by atoms with van der Waals surface area (Å²) in [4.78, 5) is 2.17. The molecule has 2 fully saturated rings. The van der Waals surface area contributed by atoms with E-state index in [1.54, 1.807) is 11.8 Å². The minimum Gasteiger partial charge on any atom is -0.388 e. The molecule has 1 N–H and O–H groups in total. The van der Waals surface area contributed by atoms with Crippen LogP contribution < -0.4 is 0 Å². The average molecular weight is 233 g/mol. The topological polar surface area (TPSA) is 41.9 Å². The van der Waals surface area contributed by atoms with Gasteiger partial charge in [-0.2, -0.15) is 0 Å². The van der Waals surface area contributed by atoms with Gasteiger partial charge in [0.25, 0.3) is 0 Å². The summed E-state index contributed by atoms with van der Waals surface area (Å²) in [5.41, 5.74) is 0. The van der Waals surface area contributed by atoms with Gasteiger partial charge in [-0.3, -0.25) is 4.90 Å². The van der Waals surface area contributed by atoms with Crippen molar-refractivity contribution < 1.29 is 14.6 Å². The van der Waals surface area contributed by atoms with E-state index in [0.717, 1.165) is 12.3 Å². The lowest BCUT2D eigenvalue weighted by molar-refractivity contribution is -0.152. The van der Waals surface area contributed by atoms with Crippen molar-refractivity contribution in [2.75, 3.05) is 26.0 Å². The Morgan fingerprint density at radius 1 is 1.53 bits per heavy atom. The lowest BCUT2D eigenvalue weighted by Gasteiger charge is -2.28. The van der Waals surface area contributed by atoms with E-state index >= 15 is 0 Å². The Balaban J connectivity index is 1.94. The van der Waals surface area contributed by atoms with Gasteiger partial charge in [0.15, 0.2) is 5.79 Å². The molecular weight excluding hydrogens is 214 g/mol. The number of hydrogen-bond donors (Lipinski definition) is 1. The fourth-order valence-corrected chi connectivity index (χ4v) is 3.37. The highest BCUT2D eigenvalue weighted by Crippen LogP contribution is 2.31. The smallest absolute Gasteiger partial charge is 0.163 e. The van der Waals surface area contributed by atoms with Crippen molar-refractivity contribution in [3.8, 4) is 0 Å². The zero-order valence-electron chi connectivity index (χ0n) is 9.47. The van der Waals surface area contributed by atoms with Crippen molar-refractivity contribution in [2.45, 2.75) is 37.2 Å². The number of likely N-dealkylation sites (N-methyl/N-ethyl adjacent to an activating group) is 1. The molecule has 0 bridgehead atoms. The van der Waals surface area contributed by atoms with Gasteiger partial charge >= 0.3 is 0 Å². The second kappa shape index (κ2) is 4.22. The molecule has 2 aliphatic rings. The molecule has 0 amide bonds. The molecule has 0 spiro atoms.